The van der Waals surface area contributed by atoms with Crippen LogP contribution in [0.25, 0.3) is 0 Å². The van der Waals surface area contributed by atoms with Gasteiger partial charge in [-0.15, -0.1) is 0 Å². The lowest BCUT2D eigenvalue weighted by Gasteiger charge is -2.63. The predicted octanol–water partition coefficient (Wildman–Crippen LogP) is 2.06. The highest BCUT2D eigenvalue weighted by molar-refractivity contribution is 5.80. The second kappa shape index (κ2) is 3.34. The molecule has 0 radical (unpaired) electrons. The van der Waals surface area contributed by atoms with Crippen LogP contribution in [-0.4, -0.2) is 22.3 Å². The Morgan fingerprint density at radius 2 is 1.67 bits per heavy atom. The van der Waals surface area contributed by atoms with Crippen molar-refractivity contribution in [2.75, 3.05) is 0 Å². The Hall–Kier alpha value is -0.830. The maximum absolute atomic E-state index is 10.6. The molecule has 1 fully saturated rings. The molecule has 1 rings (SSSR count). The lowest BCUT2D eigenvalue weighted by atomic mass is 9.43. The lowest BCUT2D eigenvalue weighted by molar-refractivity contribution is -0.197. The first kappa shape index (κ1) is 12.2. The number of carboxylic acids is 1. The summed E-state index contributed by atoms with van der Waals surface area (Å²) >= 11 is 0. The number of carboxylic acid groups (broad SMARTS) is 1. The number of hydrogen-bond donors (Lipinski definition) is 2. The Morgan fingerprint density at radius 1 is 1.20 bits per heavy atom. The maximum atomic E-state index is 10.6. The van der Waals surface area contributed by atoms with E-state index in [0.717, 1.165) is 5.57 Å². The van der Waals surface area contributed by atoms with Crippen LogP contribution in [0.5, 0.6) is 0 Å². The summed E-state index contributed by atoms with van der Waals surface area (Å²) in [7, 11) is 0. The Kier molecular flexibility index (Phi) is 2.72. The van der Waals surface area contributed by atoms with Crippen LogP contribution in [0.15, 0.2) is 11.6 Å². The Labute approximate surface area is 90.8 Å². The molecule has 0 aromatic carbocycles. The van der Waals surface area contributed by atoms with Crippen LogP contribution >= 0.6 is 0 Å². The third-order valence-corrected chi connectivity index (χ3v) is 4.34. The second-order valence-corrected chi connectivity index (χ2v) is 5.59. The summed E-state index contributed by atoms with van der Waals surface area (Å²) in [5.41, 5.74) is 0.521. The van der Waals surface area contributed by atoms with Gasteiger partial charge in [-0.2, -0.15) is 0 Å². The van der Waals surface area contributed by atoms with Crippen LogP contribution in [0, 0.1) is 16.7 Å². The van der Waals surface area contributed by atoms with Crippen molar-refractivity contribution in [1.82, 2.24) is 0 Å². The number of aliphatic carboxylic acids is 1. The summed E-state index contributed by atoms with van der Waals surface area (Å²) in [6.45, 7) is 9.95. The van der Waals surface area contributed by atoms with E-state index in [2.05, 4.69) is 13.8 Å². The minimum absolute atomic E-state index is 0.0522. The summed E-state index contributed by atoms with van der Waals surface area (Å²) in [6.07, 6.45) is 0.744. The summed E-state index contributed by atoms with van der Waals surface area (Å²) in [4.78, 5) is 10.6. The highest BCUT2D eigenvalue weighted by atomic mass is 16.4. The van der Waals surface area contributed by atoms with Crippen LogP contribution < -0.4 is 0 Å². The lowest BCUT2D eigenvalue weighted by Crippen LogP contribution is -2.63. The van der Waals surface area contributed by atoms with E-state index in [1.807, 2.05) is 13.8 Å². The molecular formula is C12H20O3. The van der Waals surface area contributed by atoms with Gasteiger partial charge in [-0.1, -0.05) is 33.3 Å². The highest BCUT2D eigenvalue weighted by Crippen LogP contribution is 2.62. The summed E-state index contributed by atoms with van der Waals surface area (Å²) in [6, 6.07) is 0. The van der Waals surface area contributed by atoms with E-state index in [9.17, 15) is 9.90 Å². The van der Waals surface area contributed by atoms with Gasteiger partial charge in [0.15, 0.2) is 0 Å². The Bertz CT molecular complexity index is 313. The molecule has 15 heavy (non-hydrogen) atoms. The first-order valence-electron chi connectivity index (χ1n) is 5.21. The molecule has 3 nitrogen and oxygen atoms in total. The normalized spacial score (nSPS) is 33.3. The van der Waals surface area contributed by atoms with Gasteiger partial charge < -0.3 is 10.2 Å². The number of aliphatic hydroxyl groups is 1. The molecule has 2 unspecified atom stereocenters. The maximum Gasteiger partial charge on any atom is 0.328 e. The summed E-state index contributed by atoms with van der Waals surface area (Å²) < 4.78 is 0. The molecule has 0 aliphatic heterocycles. The van der Waals surface area contributed by atoms with E-state index in [0.29, 0.717) is 0 Å². The highest BCUT2D eigenvalue weighted by Gasteiger charge is 2.61. The minimum atomic E-state index is -0.944. The van der Waals surface area contributed by atoms with Gasteiger partial charge in [0.1, 0.15) is 0 Å². The van der Waals surface area contributed by atoms with Crippen molar-refractivity contribution < 1.29 is 15.0 Å². The van der Waals surface area contributed by atoms with Crippen molar-refractivity contribution in [3.8, 4) is 0 Å². The number of aliphatic hydroxyl groups excluding tert-OH is 1. The topological polar surface area (TPSA) is 57.5 Å². The molecule has 0 spiro atoms. The van der Waals surface area contributed by atoms with E-state index in [4.69, 9.17) is 5.11 Å². The molecule has 0 amide bonds. The molecule has 1 aliphatic carbocycles. The average Bonchev–Trinajstić information content (AvgIpc) is 2.01. The zero-order valence-electron chi connectivity index (χ0n) is 10.0. The SMILES string of the molecule is C/C(=C/C(=O)O)C1C(O)C(C)(C)C1(C)C. The van der Waals surface area contributed by atoms with Crippen molar-refractivity contribution in [3.63, 3.8) is 0 Å². The van der Waals surface area contributed by atoms with Crippen LogP contribution in [0.4, 0.5) is 0 Å². The van der Waals surface area contributed by atoms with E-state index < -0.39 is 12.1 Å². The Balaban J connectivity index is 2.97. The first-order chi connectivity index (χ1) is 6.62. The van der Waals surface area contributed by atoms with Crippen molar-refractivity contribution in [2.45, 2.75) is 40.7 Å². The number of rotatable bonds is 2. The van der Waals surface area contributed by atoms with E-state index >= 15 is 0 Å². The third kappa shape index (κ3) is 1.59. The number of carbonyl (C=O) groups is 1. The van der Waals surface area contributed by atoms with Crippen LogP contribution in [0.1, 0.15) is 34.6 Å². The fourth-order valence-corrected chi connectivity index (χ4v) is 2.60. The van der Waals surface area contributed by atoms with Gasteiger partial charge in [0.05, 0.1) is 6.10 Å². The standard InChI is InChI=1S/C12H20O3/c1-7(6-8(13)14)9-10(15)12(4,5)11(9,2)3/h6,9-10,15H,1-5H3,(H,13,14)/b7-6-. The van der Waals surface area contributed by atoms with Crippen LogP contribution in [0.3, 0.4) is 0 Å². The molecule has 0 aromatic heterocycles. The molecule has 1 aliphatic rings. The minimum Gasteiger partial charge on any atom is -0.478 e. The monoisotopic (exact) mass is 212 g/mol. The van der Waals surface area contributed by atoms with E-state index in [-0.39, 0.29) is 16.7 Å². The third-order valence-electron chi connectivity index (χ3n) is 4.34. The van der Waals surface area contributed by atoms with Crippen LogP contribution in [-0.2, 0) is 4.79 Å². The molecule has 86 valence electrons. The molecule has 0 saturated heterocycles. The first-order valence-corrected chi connectivity index (χ1v) is 5.21. The van der Waals surface area contributed by atoms with Crippen molar-refractivity contribution in [1.29, 1.82) is 0 Å². The molecule has 2 atom stereocenters. The molecule has 1 saturated carbocycles. The molecule has 0 heterocycles. The van der Waals surface area contributed by atoms with Crippen molar-refractivity contribution in [2.24, 2.45) is 16.7 Å². The van der Waals surface area contributed by atoms with Gasteiger partial charge in [0, 0.05) is 12.0 Å². The smallest absolute Gasteiger partial charge is 0.328 e. The summed E-state index contributed by atoms with van der Waals surface area (Å²) in [5, 5.41) is 18.7. The van der Waals surface area contributed by atoms with E-state index in [1.165, 1.54) is 6.08 Å². The average molecular weight is 212 g/mol. The van der Waals surface area contributed by atoms with Gasteiger partial charge in [-0.25, -0.2) is 4.79 Å². The predicted molar refractivity (Wildman–Crippen MR) is 58.5 cm³/mol. The molecule has 0 aromatic rings. The quantitative estimate of drug-likeness (QED) is 0.689. The van der Waals surface area contributed by atoms with E-state index in [1.54, 1.807) is 6.92 Å². The van der Waals surface area contributed by atoms with Crippen molar-refractivity contribution in [3.05, 3.63) is 11.6 Å². The van der Waals surface area contributed by atoms with Gasteiger partial charge in [-0.3, -0.25) is 0 Å². The fraction of sp³-hybridized carbons (Fsp3) is 0.750. The van der Waals surface area contributed by atoms with Gasteiger partial charge in [-0.05, 0) is 17.8 Å². The molecule has 2 N–H and O–H groups in total. The fourth-order valence-electron chi connectivity index (χ4n) is 2.60. The largest absolute Gasteiger partial charge is 0.478 e. The van der Waals surface area contributed by atoms with Gasteiger partial charge in [0.2, 0.25) is 0 Å². The Morgan fingerprint density at radius 3 is 2.00 bits per heavy atom. The zero-order chi connectivity index (χ0) is 12.0. The van der Waals surface area contributed by atoms with Crippen molar-refractivity contribution >= 4 is 5.97 Å². The van der Waals surface area contributed by atoms with Gasteiger partial charge >= 0.3 is 5.97 Å². The molecule has 3 heteroatoms. The zero-order valence-corrected chi connectivity index (χ0v) is 10.0. The van der Waals surface area contributed by atoms with Gasteiger partial charge in [0.25, 0.3) is 0 Å². The number of hydrogen-bond acceptors (Lipinski definition) is 2. The molecular weight excluding hydrogens is 192 g/mol. The summed E-state index contributed by atoms with van der Waals surface area (Å²) in [5.74, 6) is -0.996. The second-order valence-electron chi connectivity index (χ2n) is 5.59. The van der Waals surface area contributed by atoms with Crippen LogP contribution in [0.2, 0.25) is 0 Å². The molecule has 0 bridgehead atoms.